The van der Waals surface area contributed by atoms with E-state index in [1.54, 1.807) is 14.8 Å². The second kappa shape index (κ2) is 6.52. The van der Waals surface area contributed by atoms with Crippen LogP contribution in [0.3, 0.4) is 0 Å². The molecule has 0 N–H and O–H groups in total. The molecule has 0 aliphatic carbocycles. The van der Waals surface area contributed by atoms with Gasteiger partial charge in [0.1, 0.15) is 5.82 Å². The highest BCUT2D eigenvalue weighted by molar-refractivity contribution is 7.86. The van der Waals surface area contributed by atoms with Crippen LogP contribution < -0.4 is 4.90 Å². The summed E-state index contributed by atoms with van der Waals surface area (Å²) in [6, 6.07) is 5.82. The molecule has 3 heterocycles. The number of pyridine rings is 1. The zero-order valence-electron chi connectivity index (χ0n) is 13.1. The van der Waals surface area contributed by atoms with Crippen LogP contribution in [-0.4, -0.2) is 61.3 Å². The third-order valence-corrected chi connectivity index (χ3v) is 6.49. The molecule has 1 atom stereocenters. The molecule has 3 rings (SSSR count). The number of piperidine rings is 1. The summed E-state index contributed by atoms with van der Waals surface area (Å²) in [5, 5.41) is 0. The summed E-state index contributed by atoms with van der Waals surface area (Å²) in [7, 11) is -3.30. The van der Waals surface area contributed by atoms with E-state index in [4.69, 9.17) is 0 Å². The molecule has 7 heteroatoms. The number of piperazine rings is 1. The normalized spacial score (nSPS) is 25.3. The van der Waals surface area contributed by atoms with Crippen molar-refractivity contribution >= 4 is 16.0 Å². The van der Waals surface area contributed by atoms with Gasteiger partial charge in [-0.2, -0.15) is 17.0 Å². The molecule has 0 radical (unpaired) electrons. The molecule has 1 aromatic heterocycles. The van der Waals surface area contributed by atoms with Gasteiger partial charge in [-0.25, -0.2) is 4.98 Å². The van der Waals surface area contributed by atoms with E-state index >= 15 is 0 Å². The molecule has 2 aliphatic rings. The van der Waals surface area contributed by atoms with Crippen molar-refractivity contribution in [2.24, 2.45) is 5.92 Å². The Morgan fingerprint density at radius 2 is 1.86 bits per heavy atom. The van der Waals surface area contributed by atoms with E-state index in [9.17, 15) is 8.42 Å². The predicted octanol–water partition coefficient (Wildman–Crippen LogP) is 1.18. The van der Waals surface area contributed by atoms with Crippen LogP contribution >= 0.6 is 0 Å². The molecule has 1 unspecified atom stereocenters. The zero-order valence-corrected chi connectivity index (χ0v) is 13.9. The summed E-state index contributed by atoms with van der Waals surface area (Å²) in [5.74, 6) is 1.38. The minimum Gasteiger partial charge on any atom is -0.354 e. The molecule has 2 fully saturated rings. The fraction of sp³-hybridized carbons (Fsp3) is 0.667. The van der Waals surface area contributed by atoms with Crippen LogP contribution in [0.1, 0.15) is 19.8 Å². The van der Waals surface area contributed by atoms with Crippen molar-refractivity contribution in [2.45, 2.75) is 19.8 Å². The van der Waals surface area contributed by atoms with E-state index in [0.717, 1.165) is 18.7 Å². The van der Waals surface area contributed by atoms with Crippen LogP contribution in [0.15, 0.2) is 24.4 Å². The minimum absolute atomic E-state index is 0.457. The van der Waals surface area contributed by atoms with Gasteiger partial charge >= 0.3 is 0 Å². The molecule has 122 valence electrons. The maximum Gasteiger partial charge on any atom is 0.282 e. The van der Waals surface area contributed by atoms with Crippen molar-refractivity contribution in [1.29, 1.82) is 0 Å². The van der Waals surface area contributed by atoms with Gasteiger partial charge in [0.2, 0.25) is 0 Å². The van der Waals surface area contributed by atoms with Gasteiger partial charge in [-0.3, -0.25) is 0 Å². The third-order valence-electron chi connectivity index (χ3n) is 4.48. The Morgan fingerprint density at radius 3 is 2.50 bits per heavy atom. The SMILES string of the molecule is CC1CCCN(S(=O)(=O)N2CCN(c3ccccn3)CC2)C1. The van der Waals surface area contributed by atoms with Crippen LogP contribution in [-0.2, 0) is 10.2 Å². The lowest BCUT2D eigenvalue weighted by Crippen LogP contribution is -2.54. The van der Waals surface area contributed by atoms with Crippen LogP contribution in [0, 0.1) is 5.92 Å². The van der Waals surface area contributed by atoms with E-state index in [-0.39, 0.29) is 0 Å². The van der Waals surface area contributed by atoms with Crippen molar-refractivity contribution in [1.82, 2.24) is 13.6 Å². The number of rotatable bonds is 3. The Kier molecular flexibility index (Phi) is 4.65. The van der Waals surface area contributed by atoms with Crippen LogP contribution in [0.25, 0.3) is 0 Å². The summed E-state index contributed by atoms with van der Waals surface area (Å²) in [4.78, 5) is 6.48. The first kappa shape index (κ1) is 15.7. The first-order valence-electron chi connectivity index (χ1n) is 7.98. The zero-order chi connectivity index (χ0) is 15.6. The van der Waals surface area contributed by atoms with Gasteiger partial charge in [-0.05, 0) is 30.9 Å². The van der Waals surface area contributed by atoms with Gasteiger partial charge in [-0.15, -0.1) is 0 Å². The number of anilines is 1. The molecular formula is C15H24N4O2S. The van der Waals surface area contributed by atoms with Crippen molar-refractivity contribution in [3.8, 4) is 0 Å². The minimum atomic E-state index is -3.30. The van der Waals surface area contributed by atoms with E-state index in [2.05, 4.69) is 16.8 Å². The molecular weight excluding hydrogens is 300 g/mol. The average Bonchev–Trinajstić information content (AvgIpc) is 2.56. The standard InChI is InChI=1S/C15H24N4O2S/c1-14-5-4-8-19(13-14)22(20,21)18-11-9-17(10-12-18)15-6-2-3-7-16-15/h2-3,6-7,14H,4-5,8-13H2,1H3. The summed E-state index contributed by atoms with van der Waals surface area (Å²) < 4.78 is 28.8. The molecule has 0 bridgehead atoms. The van der Waals surface area contributed by atoms with Crippen LogP contribution in [0.5, 0.6) is 0 Å². The number of aromatic nitrogens is 1. The van der Waals surface area contributed by atoms with E-state index in [0.29, 0.717) is 45.2 Å². The number of nitrogens with zero attached hydrogens (tertiary/aromatic N) is 4. The van der Waals surface area contributed by atoms with Crippen molar-refractivity contribution < 1.29 is 8.42 Å². The van der Waals surface area contributed by atoms with E-state index < -0.39 is 10.2 Å². The molecule has 0 aromatic carbocycles. The summed E-state index contributed by atoms with van der Waals surface area (Å²) in [5.41, 5.74) is 0. The molecule has 2 saturated heterocycles. The molecule has 0 saturated carbocycles. The van der Waals surface area contributed by atoms with E-state index in [1.807, 2.05) is 18.2 Å². The summed E-state index contributed by atoms with van der Waals surface area (Å²) in [6.45, 7) is 5.89. The lowest BCUT2D eigenvalue weighted by molar-refractivity contribution is 0.254. The van der Waals surface area contributed by atoms with Gasteiger partial charge in [0, 0.05) is 45.5 Å². The molecule has 2 aliphatic heterocycles. The van der Waals surface area contributed by atoms with Crippen LogP contribution in [0.2, 0.25) is 0 Å². The van der Waals surface area contributed by atoms with Crippen molar-refractivity contribution in [2.75, 3.05) is 44.2 Å². The van der Waals surface area contributed by atoms with Crippen molar-refractivity contribution in [3.05, 3.63) is 24.4 Å². The summed E-state index contributed by atoms with van der Waals surface area (Å²) >= 11 is 0. The quantitative estimate of drug-likeness (QED) is 0.838. The van der Waals surface area contributed by atoms with Crippen molar-refractivity contribution in [3.63, 3.8) is 0 Å². The third kappa shape index (κ3) is 3.26. The van der Waals surface area contributed by atoms with E-state index in [1.165, 1.54) is 0 Å². The van der Waals surface area contributed by atoms with Gasteiger partial charge in [-0.1, -0.05) is 13.0 Å². The number of hydrogen-bond acceptors (Lipinski definition) is 4. The second-order valence-corrected chi connectivity index (χ2v) is 8.12. The number of hydrogen-bond donors (Lipinski definition) is 0. The molecule has 1 aromatic rings. The Labute approximate surface area is 132 Å². The first-order chi connectivity index (χ1) is 10.6. The molecule has 0 amide bonds. The Balaban J connectivity index is 1.63. The van der Waals surface area contributed by atoms with Gasteiger partial charge in [0.25, 0.3) is 10.2 Å². The fourth-order valence-electron chi connectivity index (χ4n) is 3.21. The summed E-state index contributed by atoms with van der Waals surface area (Å²) in [6.07, 6.45) is 3.86. The smallest absolute Gasteiger partial charge is 0.282 e. The molecule has 22 heavy (non-hydrogen) atoms. The highest BCUT2D eigenvalue weighted by Crippen LogP contribution is 2.22. The van der Waals surface area contributed by atoms with Gasteiger partial charge < -0.3 is 4.90 Å². The lowest BCUT2D eigenvalue weighted by atomic mass is 10.0. The highest BCUT2D eigenvalue weighted by Gasteiger charge is 2.34. The second-order valence-electron chi connectivity index (χ2n) is 6.19. The predicted molar refractivity (Wildman–Crippen MR) is 86.9 cm³/mol. The lowest BCUT2D eigenvalue weighted by Gasteiger charge is -2.39. The highest BCUT2D eigenvalue weighted by atomic mass is 32.2. The maximum absolute atomic E-state index is 12.7. The van der Waals surface area contributed by atoms with Crippen LogP contribution in [0.4, 0.5) is 5.82 Å². The Bertz CT molecular complexity index is 585. The fourth-order valence-corrected chi connectivity index (χ4v) is 4.96. The van der Waals surface area contributed by atoms with Gasteiger partial charge in [0.15, 0.2) is 0 Å². The largest absolute Gasteiger partial charge is 0.354 e. The van der Waals surface area contributed by atoms with Gasteiger partial charge in [0.05, 0.1) is 0 Å². The average molecular weight is 324 g/mol. The monoisotopic (exact) mass is 324 g/mol. The maximum atomic E-state index is 12.7. The topological polar surface area (TPSA) is 56.8 Å². The molecule has 6 nitrogen and oxygen atoms in total. The Hall–Kier alpha value is -1.18. The molecule has 0 spiro atoms. The first-order valence-corrected chi connectivity index (χ1v) is 9.38. The Morgan fingerprint density at radius 1 is 1.09 bits per heavy atom.